The molecule has 1 fully saturated rings. The number of hydrogen-bond donors (Lipinski definition) is 1. The highest BCUT2D eigenvalue weighted by atomic mass is 35.5. The van der Waals surface area contributed by atoms with E-state index in [4.69, 9.17) is 11.6 Å². The lowest BCUT2D eigenvalue weighted by atomic mass is 10.2. The van der Waals surface area contributed by atoms with Crippen LogP contribution in [-0.4, -0.2) is 67.5 Å². The number of hydrogen-bond acceptors (Lipinski definition) is 5. The maximum absolute atomic E-state index is 13.3. The Hall–Kier alpha value is -2.91. The molecule has 8 nitrogen and oxygen atoms in total. The molecule has 31 heavy (non-hydrogen) atoms. The summed E-state index contributed by atoms with van der Waals surface area (Å²) in [4.78, 5) is 40.4. The van der Waals surface area contributed by atoms with E-state index in [2.05, 4.69) is 5.32 Å². The molecule has 0 aliphatic carbocycles. The van der Waals surface area contributed by atoms with Crippen LogP contribution in [0.4, 0.5) is 0 Å². The number of halogens is 1. The third-order valence-corrected chi connectivity index (χ3v) is 7.13. The number of nitrogens with zero attached hydrogens (tertiary/aromatic N) is 2. The van der Waals surface area contributed by atoms with E-state index in [0.717, 1.165) is 0 Å². The molecule has 3 rings (SSSR count). The van der Waals surface area contributed by atoms with Crippen LogP contribution in [0, 0.1) is 0 Å². The van der Waals surface area contributed by atoms with E-state index >= 15 is 0 Å². The Labute approximate surface area is 185 Å². The highest BCUT2D eigenvalue weighted by molar-refractivity contribution is 7.92. The molecule has 1 unspecified atom stereocenters. The third-order valence-electron chi connectivity index (χ3n) is 5.01. The van der Waals surface area contributed by atoms with Gasteiger partial charge in [0.05, 0.1) is 4.90 Å². The molecule has 0 radical (unpaired) electrons. The van der Waals surface area contributed by atoms with Crippen LogP contribution < -0.4 is 5.32 Å². The Bertz CT molecular complexity index is 1070. The average molecular weight is 464 g/mol. The van der Waals surface area contributed by atoms with E-state index in [1.54, 1.807) is 23.1 Å². The quantitative estimate of drug-likeness (QED) is 0.724. The third kappa shape index (κ3) is 5.23. The minimum Gasteiger partial charge on any atom is -0.339 e. The van der Waals surface area contributed by atoms with Crippen molar-refractivity contribution in [3.8, 4) is 0 Å². The summed E-state index contributed by atoms with van der Waals surface area (Å²) >= 11 is 5.84. The van der Waals surface area contributed by atoms with Crippen molar-refractivity contribution < 1.29 is 22.8 Å². The first-order valence-corrected chi connectivity index (χ1v) is 11.5. The van der Waals surface area contributed by atoms with Gasteiger partial charge in [0.15, 0.2) is 0 Å². The zero-order chi connectivity index (χ0) is 22.6. The lowest BCUT2D eigenvalue weighted by molar-refractivity contribution is -0.138. The van der Waals surface area contributed by atoms with Gasteiger partial charge in [-0.2, -0.15) is 0 Å². The smallest absolute Gasteiger partial charge is 0.261 e. The minimum atomic E-state index is -4.22. The SMILES string of the molecule is CC(=O)N1CCN(C(=O)C(NC(=O)c2ccc(Cl)cc2)S(=O)(=O)c2ccccc2)CC1. The van der Waals surface area contributed by atoms with Gasteiger partial charge in [0.1, 0.15) is 0 Å². The van der Waals surface area contributed by atoms with Gasteiger partial charge < -0.3 is 15.1 Å². The summed E-state index contributed by atoms with van der Waals surface area (Å²) in [6.45, 7) is 2.38. The number of carbonyl (C=O) groups excluding carboxylic acids is 3. The van der Waals surface area contributed by atoms with Gasteiger partial charge in [0.2, 0.25) is 21.1 Å². The van der Waals surface area contributed by atoms with Crippen molar-refractivity contribution in [2.75, 3.05) is 26.2 Å². The van der Waals surface area contributed by atoms with Crippen molar-refractivity contribution in [1.82, 2.24) is 15.1 Å². The number of sulfone groups is 1. The van der Waals surface area contributed by atoms with E-state index in [9.17, 15) is 22.8 Å². The molecule has 2 aromatic carbocycles. The van der Waals surface area contributed by atoms with Crippen molar-refractivity contribution >= 4 is 39.2 Å². The van der Waals surface area contributed by atoms with Crippen molar-refractivity contribution in [3.63, 3.8) is 0 Å². The molecule has 164 valence electrons. The Balaban J connectivity index is 1.89. The molecular formula is C21H22ClN3O5S. The molecule has 0 spiro atoms. The van der Waals surface area contributed by atoms with E-state index in [-0.39, 0.29) is 29.5 Å². The first-order chi connectivity index (χ1) is 14.7. The summed E-state index contributed by atoms with van der Waals surface area (Å²) in [5, 5.41) is 0.998. The second-order valence-corrected chi connectivity index (χ2v) is 9.52. The maximum Gasteiger partial charge on any atom is 0.261 e. The summed E-state index contributed by atoms with van der Waals surface area (Å²) in [6.07, 6.45) is 0. The highest BCUT2D eigenvalue weighted by Crippen LogP contribution is 2.18. The molecule has 0 saturated carbocycles. The Morgan fingerprint density at radius 1 is 0.903 bits per heavy atom. The summed E-state index contributed by atoms with van der Waals surface area (Å²) in [5.74, 6) is -1.57. The normalized spacial score (nSPS) is 15.3. The van der Waals surface area contributed by atoms with E-state index in [1.165, 1.54) is 48.2 Å². The van der Waals surface area contributed by atoms with Gasteiger partial charge in [0, 0.05) is 43.7 Å². The molecule has 1 N–H and O–H groups in total. The van der Waals surface area contributed by atoms with Gasteiger partial charge in [-0.25, -0.2) is 8.42 Å². The standard InChI is InChI=1S/C21H22ClN3O5S/c1-15(26)24-11-13-25(14-12-24)21(28)20(31(29,30)18-5-3-2-4-6-18)23-19(27)16-7-9-17(22)10-8-16/h2-10,20H,11-14H2,1H3,(H,23,27). The van der Waals surface area contributed by atoms with Crippen LogP contribution in [0.3, 0.4) is 0 Å². The first-order valence-electron chi connectivity index (χ1n) is 9.60. The molecule has 1 heterocycles. The van der Waals surface area contributed by atoms with Gasteiger partial charge >= 0.3 is 0 Å². The summed E-state index contributed by atoms with van der Waals surface area (Å²) < 4.78 is 26.5. The van der Waals surface area contributed by atoms with Crippen molar-refractivity contribution in [1.29, 1.82) is 0 Å². The Kier molecular flexibility index (Phi) is 6.97. The van der Waals surface area contributed by atoms with E-state index < -0.39 is 27.0 Å². The zero-order valence-corrected chi connectivity index (χ0v) is 18.4. The number of nitrogens with one attached hydrogen (secondary N) is 1. The minimum absolute atomic E-state index is 0.0767. The molecule has 10 heteroatoms. The molecular weight excluding hydrogens is 442 g/mol. The largest absolute Gasteiger partial charge is 0.339 e. The lowest BCUT2D eigenvalue weighted by Crippen LogP contribution is -2.57. The Morgan fingerprint density at radius 2 is 1.45 bits per heavy atom. The average Bonchev–Trinajstić information content (AvgIpc) is 2.78. The van der Waals surface area contributed by atoms with Crippen LogP contribution in [0.5, 0.6) is 0 Å². The van der Waals surface area contributed by atoms with Gasteiger partial charge in [-0.1, -0.05) is 29.8 Å². The molecule has 1 aliphatic heterocycles. The van der Waals surface area contributed by atoms with Crippen LogP contribution in [-0.2, 0) is 19.4 Å². The fraction of sp³-hybridized carbons (Fsp3) is 0.286. The number of carbonyl (C=O) groups is 3. The highest BCUT2D eigenvalue weighted by Gasteiger charge is 2.39. The second-order valence-electron chi connectivity index (χ2n) is 7.05. The first kappa shape index (κ1) is 22.8. The van der Waals surface area contributed by atoms with E-state index in [1.807, 2.05) is 0 Å². The molecule has 0 aromatic heterocycles. The maximum atomic E-state index is 13.3. The fourth-order valence-corrected chi connectivity index (χ4v) is 4.84. The van der Waals surface area contributed by atoms with Gasteiger partial charge in [-0.15, -0.1) is 0 Å². The van der Waals surface area contributed by atoms with Crippen LogP contribution >= 0.6 is 11.6 Å². The summed E-state index contributed by atoms with van der Waals surface area (Å²) in [7, 11) is -4.22. The Morgan fingerprint density at radius 3 is 2.00 bits per heavy atom. The van der Waals surface area contributed by atoms with Gasteiger partial charge in [-0.05, 0) is 36.4 Å². The lowest BCUT2D eigenvalue weighted by Gasteiger charge is -2.36. The number of rotatable bonds is 5. The zero-order valence-electron chi connectivity index (χ0n) is 16.8. The van der Waals surface area contributed by atoms with E-state index in [0.29, 0.717) is 18.1 Å². The molecule has 1 aliphatic rings. The van der Waals surface area contributed by atoms with Crippen LogP contribution in [0.2, 0.25) is 5.02 Å². The summed E-state index contributed by atoms with van der Waals surface area (Å²) in [5.41, 5.74) is 0.173. The second kappa shape index (κ2) is 9.49. The summed E-state index contributed by atoms with van der Waals surface area (Å²) in [6, 6.07) is 13.4. The van der Waals surface area contributed by atoms with Crippen LogP contribution in [0.25, 0.3) is 0 Å². The van der Waals surface area contributed by atoms with Gasteiger partial charge in [-0.3, -0.25) is 14.4 Å². The molecule has 0 bridgehead atoms. The number of amides is 3. The van der Waals surface area contributed by atoms with Crippen LogP contribution in [0.1, 0.15) is 17.3 Å². The van der Waals surface area contributed by atoms with Crippen LogP contribution in [0.15, 0.2) is 59.5 Å². The fourth-order valence-electron chi connectivity index (χ4n) is 3.23. The predicted molar refractivity (Wildman–Crippen MR) is 115 cm³/mol. The number of benzene rings is 2. The van der Waals surface area contributed by atoms with Crippen molar-refractivity contribution in [3.05, 3.63) is 65.2 Å². The predicted octanol–water partition coefficient (Wildman–Crippen LogP) is 1.56. The van der Waals surface area contributed by atoms with Crippen molar-refractivity contribution in [2.24, 2.45) is 0 Å². The molecule has 3 amide bonds. The molecule has 1 saturated heterocycles. The molecule has 1 atom stereocenters. The number of piperazine rings is 1. The monoisotopic (exact) mass is 463 g/mol. The van der Waals surface area contributed by atoms with Crippen molar-refractivity contribution in [2.45, 2.75) is 17.2 Å². The van der Waals surface area contributed by atoms with Gasteiger partial charge in [0.25, 0.3) is 11.8 Å². The molecule has 2 aromatic rings. The topological polar surface area (TPSA) is 104 Å².